The summed E-state index contributed by atoms with van der Waals surface area (Å²) >= 11 is 0. The van der Waals surface area contributed by atoms with Crippen LogP contribution in [0, 0.1) is 11.8 Å². The van der Waals surface area contributed by atoms with Crippen molar-refractivity contribution in [3.63, 3.8) is 0 Å². The number of carboxylic acid groups (broad SMARTS) is 1. The molecule has 4 heteroatoms. The van der Waals surface area contributed by atoms with Crippen molar-refractivity contribution >= 4 is 11.8 Å². The molecule has 0 amide bonds. The molecule has 0 aliphatic heterocycles. The highest BCUT2D eigenvalue weighted by Crippen LogP contribution is 2.29. The van der Waals surface area contributed by atoms with E-state index in [9.17, 15) is 14.0 Å². The molecule has 0 aromatic carbocycles. The quantitative estimate of drug-likeness (QED) is 0.798. The van der Waals surface area contributed by atoms with Crippen LogP contribution >= 0.6 is 0 Å². The number of carbonyl (C=O) groups is 2. The molecule has 3 nitrogen and oxygen atoms in total. The Morgan fingerprint density at radius 3 is 1.56 bits per heavy atom. The molecule has 1 aliphatic carbocycles. The number of halogens is 1. The van der Waals surface area contributed by atoms with Crippen LogP contribution in [0.1, 0.15) is 46.5 Å². The first-order chi connectivity index (χ1) is 7.61. The first kappa shape index (κ1) is 17.5. The third-order valence-electron chi connectivity index (χ3n) is 2.65. The van der Waals surface area contributed by atoms with Crippen molar-refractivity contribution in [2.45, 2.75) is 46.5 Å². The summed E-state index contributed by atoms with van der Waals surface area (Å²) in [5.74, 6) is -0.586. The molecule has 0 aromatic rings. The lowest BCUT2D eigenvalue weighted by Crippen LogP contribution is -2.24. The van der Waals surface area contributed by atoms with Crippen molar-refractivity contribution in [3.05, 3.63) is 0 Å². The van der Waals surface area contributed by atoms with Gasteiger partial charge < -0.3 is 5.11 Å². The predicted octanol–water partition coefficient (Wildman–Crippen LogP) is 3.08. The van der Waals surface area contributed by atoms with Gasteiger partial charge in [0.1, 0.15) is 5.78 Å². The van der Waals surface area contributed by atoms with Gasteiger partial charge in [0.2, 0.25) is 0 Å². The molecule has 1 aliphatic rings. The minimum absolute atomic E-state index is 0.126. The van der Waals surface area contributed by atoms with Gasteiger partial charge in [0.25, 0.3) is 0 Å². The summed E-state index contributed by atoms with van der Waals surface area (Å²) in [5, 5.41) is 8.68. The smallest absolute Gasteiger partial charge is 0.306 e. The summed E-state index contributed by atoms with van der Waals surface area (Å²) in [6.07, 6.45) is 2.84. The van der Waals surface area contributed by atoms with Gasteiger partial charge in [-0.2, -0.15) is 0 Å². The number of carbonyl (C=O) groups excluding carboxylic acids is 1. The van der Waals surface area contributed by atoms with Crippen molar-refractivity contribution in [1.29, 1.82) is 0 Å². The number of aliphatic carboxylic acids is 1. The lowest BCUT2D eigenvalue weighted by molar-refractivity contribution is -0.143. The maximum Gasteiger partial charge on any atom is 0.306 e. The molecule has 1 saturated carbocycles. The van der Waals surface area contributed by atoms with E-state index in [1.807, 2.05) is 13.8 Å². The highest BCUT2D eigenvalue weighted by molar-refractivity contribution is 5.78. The van der Waals surface area contributed by atoms with E-state index in [4.69, 9.17) is 5.11 Å². The molecule has 0 radical (unpaired) electrons. The van der Waals surface area contributed by atoms with Crippen LogP contribution in [0.15, 0.2) is 0 Å². The topological polar surface area (TPSA) is 54.4 Å². The monoisotopic (exact) mass is 234 g/mol. The van der Waals surface area contributed by atoms with Gasteiger partial charge >= 0.3 is 5.97 Å². The molecule has 0 aromatic heterocycles. The van der Waals surface area contributed by atoms with Crippen molar-refractivity contribution in [2.75, 3.05) is 7.18 Å². The molecule has 0 spiro atoms. The van der Waals surface area contributed by atoms with Gasteiger partial charge in [0.05, 0.1) is 13.1 Å². The van der Waals surface area contributed by atoms with Crippen molar-refractivity contribution in [3.8, 4) is 0 Å². The Labute approximate surface area is 97.0 Å². The predicted molar refractivity (Wildman–Crippen MR) is 62.1 cm³/mol. The van der Waals surface area contributed by atoms with Gasteiger partial charge in [-0.25, -0.2) is 0 Å². The Morgan fingerprint density at radius 2 is 1.31 bits per heavy atom. The number of rotatable bonds is 2. The minimum Gasteiger partial charge on any atom is -0.481 e. The van der Waals surface area contributed by atoms with Gasteiger partial charge in [-0.1, -0.05) is 13.8 Å². The maximum atomic E-state index is 10.9. The lowest BCUT2D eigenvalue weighted by atomic mass is 9.80. The number of carboxylic acids is 1. The Morgan fingerprint density at radius 1 is 1.00 bits per heavy atom. The van der Waals surface area contributed by atoms with Crippen molar-refractivity contribution < 1.29 is 19.1 Å². The zero-order valence-electron chi connectivity index (χ0n) is 10.6. The Bertz CT molecular complexity index is 174. The van der Waals surface area contributed by atoms with Gasteiger partial charge in [-0.05, 0) is 32.6 Å². The molecular formula is C12H23FO3. The van der Waals surface area contributed by atoms with E-state index in [1.54, 1.807) is 6.92 Å². The average Bonchev–Trinajstić information content (AvgIpc) is 2.34. The number of Topliss-reactive ketones (excluding diaryl/α,β-unsaturated/α-hetero) is 1. The second-order valence-corrected chi connectivity index (χ2v) is 3.50. The van der Waals surface area contributed by atoms with E-state index in [1.165, 1.54) is 0 Å². The third kappa shape index (κ3) is 6.53. The standard InChI is InChI=1S/C9H14O3.C2H6.CH3F/c1-6(10)7-2-4-8(5-3-7)9(11)12;2*1-2/h7-8H,2-5H2,1H3,(H,11,12);1-2H3;1H3. The van der Waals surface area contributed by atoms with E-state index in [0.717, 1.165) is 12.8 Å². The Balaban J connectivity index is 0. The Hall–Kier alpha value is -0.930. The summed E-state index contributed by atoms with van der Waals surface area (Å²) in [4.78, 5) is 21.5. The van der Waals surface area contributed by atoms with Crippen LogP contribution in [0.4, 0.5) is 4.39 Å². The number of ketones is 1. The summed E-state index contributed by atoms with van der Waals surface area (Å²) < 4.78 is 9.50. The molecule has 1 N–H and O–H groups in total. The molecular weight excluding hydrogens is 211 g/mol. The van der Waals surface area contributed by atoms with Gasteiger partial charge in [0, 0.05) is 5.92 Å². The first-order valence-electron chi connectivity index (χ1n) is 5.72. The minimum atomic E-state index is -0.711. The SMILES string of the molecule is CC.CC(=O)C1CCC(C(=O)O)CC1.CF. The van der Waals surface area contributed by atoms with Crippen LogP contribution < -0.4 is 0 Å². The van der Waals surface area contributed by atoms with E-state index >= 15 is 0 Å². The van der Waals surface area contributed by atoms with Crippen LogP contribution in [0.3, 0.4) is 0 Å². The maximum absolute atomic E-state index is 10.9. The van der Waals surface area contributed by atoms with E-state index in [0.29, 0.717) is 20.0 Å². The van der Waals surface area contributed by atoms with Crippen LogP contribution in [0.5, 0.6) is 0 Å². The number of alkyl halides is 1. The molecule has 16 heavy (non-hydrogen) atoms. The molecule has 1 fully saturated rings. The van der Waals surface area contributed by atoms with Crippen LogP contribution in [-0.4, -0.2) is 24.0 Å². The number of hydrogen-bond donors (Lipinski definition) is 1. The molecule has 96 valence electrons. The molecule has 0 atom stereocenters. The van der Waals surface area contributed by atoms with Crippen molar-refractivity contribution in [2.24, 2.45) is 11.8 Å². The fraction of sp³-hybridized carbons (Fsp3) is 0.833. The summed E-state index contributed by atoms with van der Waals surface area (Å²) in [6.45, 7) is 5.59. The molecule has 1 rings (SSSR count). The third-order valence-corrected chi connectivity index (χ3v) is 2.65. The molecule has 0 unspecified atom stereocenters. The fourth-order valence-electron chi connectivity index (χ4n) is 1.75. The average molecular weight is 234 g/mol. The van der Waals surface area contributed by atoms with E-state index in [2.05, 4.69) is 0 Å². The second-order valence-electron chi connectivity index (χ2n) is 3.50. The molecule has 0 saturated heterocycles. The summed E-state index contributed by atoms with van der Waals surface area (Å²) in [5.41, 5.74) is 0. The van der Waals surface area contributed by atoms with Crippen LogP contribution in [0.25, 0.3) is 0 Å². The van der Waals surface area contributed by atoms with E-state index < -0.39 is 5.97 Å². The van der Waals surface area contributed by atoms with Crippen LogP contribution in [-0.2, 0) is 9.59 Å². The second kappa shape index (κ2) is 10.6. The molecule has 0 bridgehead atoms. The van der Waals surface area contributed by atoms with E-state index in [-0.39, 0.29) is 17.6 Å². The zero-order chi connectivity index (χ0) is 13.1. The fourth-order valence-corrected chi connectivity index (χ4v) is 1.75. The lowest BCUT2D eigenvalue weighted by Gasteiger charge is -2.23. The zero-order valence-corrected chi connectivity index (χ0v) is 10.6. The normalized spacial score (nSPS) is 23.1. The first-order valence-corrected chi connectivity index (χ1v) is 5.72. The largest absolute Gasteiger partial charge is 0.481 e. The van der Waals surface area contributed by atoms with Gasteiger partial charge in [0.15, 0.2) is 0 Å². The van der Waals surface area contributed by atoms with Crippen molar-refractivity contribution in [1.82, 2.24) is 0 Å². The van der Waals surface area contributed by atoms with Gasteiger partial charge in [-0.15, -0.1) is 0 Å². The highest BCUT2D eigenvalue weighted by atomic mass is 19.1. The highest BCUT2D eigenvalue weighted by Gasteiger charge is 2.27. The number of hydrogen-bond acceptors (Lipinski definition) is 2. The summed E-state index contributed by atoms with van der Waals surface area (Å²) in [7, 11) is 0.500. The Kier molecular flexibility index (Phi) is 11.6. The van der Waals surface area contributed by atoms with Gasteiger partial charge in [-0.3, -0.25) is 14.0 Å². The molecule has 0 heterocycles. The van der Waals surface area contributed by atoms with Crippen LogP contribution in [0.2, 0.25) is 0 Å². The summed E-state index contributed by atoms with van der Waals surface area (Å²) in [6, 6.07) is 0.